The van der Waals surface area contributed by atoms with Crippen molar-refractivity contribution in [2.24, 2.45) is 0 Å². The van der Waals surface area contributed by atoms with E-state index in [4.69, 9.17) is 16.3 Å². The minimum atomic E-state index is -0.160. The van der Waals surface area contributed by atoms with E-state index >= 15 is 0 Å². The third-order valence-electron chi connectivity index (χ3n) is 5.11. The van der Waals surface area contributed by atoms with E-state index in [9.17, 15) is 4.79 Å². The number of ether oxygens (including phenoxy) is 1. The molecule has 1 atom stereocenters. The summed E-state index contributed by atoms with van der Waals surface area (Å²) in [6.45, 7) is 2.58. The number of aromatic nitrogens is 1. The van der Waals surface area contributed by atoms with Crippen LogP contribution >= 0.6 is 11.6 Å². The Hall–Kier alpha value is -1.29. The number of carbonyl (C=O) groups excluding carboxylic acids is 1. The van der Waals surface area contributed by atoms with Crippen LogP contribution < -0.4 is 5.32 Å². The number of nitrogens with one attached hydrogen (secondary N) is 1. The summed E-state index contributed by atoms with van der Waals surface area (Å²) in [6.07, 6.45) is 22.7. The summed E-state index contributed by atoms with van der Waals surface area (Å²) in [5.74, 6) is 1.13. The smallest absolute Gasteiger partial charge is 0.460 e. The van der Waals surface area contributed by atoms with Gasteiger partial charge in [-0.25, -0.2) is 0 Å². The van der Waals surface area contributed by atoms with Crippen molar-refractivity contribution in [3.63, 3.8) is 0 Å². The Morgan fingerprint density at radius 3 is 2.42 bits per heavy atom. The molecule has 33 heavy (non-hydrogen) atoms. The maximum atomic E-state index is 12.1. The molecular weight excluding hydrogens is 476 g/mol. The second-order valence-corrected chi connectivity index (χ2v) is 7.97. The van der Waals surface area contributed by atoms with Crippen LogP contribution in [0.1, 0.15) is 32.6 Å². The van der Waals surface area contributed by atoms with Gasteiger partial charge in [-0.2, -0.15) is 0 Å². The molecule has 0 spiro atoms. The number of hydrogen-bond donors (Lipinski definition) is 1. The van der Waals surface area contributed by atoms with Gasteiger partial charge in [-0.15, -0.1) is 0 Å². The van der Waals surface area contributed by atoms with Gasteiger partial charge in [-0.3, -0.25) is 9.78 Å². The number of hydrogen-bond acceptors (Lipinski definition) is 4. The van der Waals surface area contributed by atoms with Crippen LogP contribution in [-0.2, 0) is 26.6 Å². The Morgan fingerprint density at radius 1 is 1.06 bits per heavy atom. The number of halogens is 1. The zero-order valence-corrected chi connectivity index (χ0v) is 20.6. The normalized spacial score (nSPS) is 16.5. The van der Waals surface area contributed by atoms with E-state index in [1.807, 2.05) is 76.1 Å². The van der Waals surface area contributed by atoms with E-state index in [0.29, 0.717) is 18.0 Å². The van der Waals surface area contributed by atoms with Gasteiger partial charge in [0.1, 0.15) is 6.10 Å². The molecule has 0 bridgehead atoms. The summed E-state index contributed by atoms with van der Waals surface area (Å²) in [5, 5.41) is 5.04. The SMILES string of the molecule is CCC(CNc1ccnc2cc(Cl)ccc12)OC(=O)CCC[C]1[CH][CH][CH][CH]1.[CH]1[CH][CH][CH][CH]1.[Fe+2]. The second-order valence-electron chi connectivity index (χ2n) is 7.53. The molecule has 4 nitrogen and oxygen atoms in total. The number of fused-ring (bicyclic) bond motifs is 1. The van der Waals surface area contributed by atoms with Gasteiger partial charge >= 0.3 is 23.0 Å². The zero-order chi connectivity index (χ0) is 22.6. The number of carbonyl (C=O) groups is 1. The van der Waals surface area contributed by atoms with Crippen molar-refractivity contribution in [3.8, 4) is 0 Å². The fraction of sp³-hybridized carbons (Fsp3) is 0.259. The summed E-state index contributed by atoms with van der Waals surface area (Å²) in [4.78, 5) is 16.5. The molecule has 172 valence electrons. The van der Waals surface area contributed by atoms with Crippen LogP contribution in [0.4, 0.5) is 5.69 Å². The number of anilines is 1. The Bertz CT molecular complexity index is 830. The topological polar surface area (TPSA) is 51.2 Å². The van der Waals surface area contributed by atoms with Gasteiger partial charge in [0.25, 0.3) is 0 Å². The molecule has 0 amide bonds. The fourth-order valence-corrected chi connectivity index (χ4v) is 3.52. The number of benzene rings is 1. The zero-order valence-electron chi connectivity index (χ0n) is 18.7. The quantitative estimate of drug-likeness (QED) is 0.325. The van der Waals surface area contributed by atoms with Crippen molar-refractivity contribution >= 4 is 34.2 Å². The van der Waals surface area contributed by atoms with Crippen molar-refractivity contribution in [1.29, 1.82) is 0 Å². The van der Waals surface area contributed by atoms with Crippen LogP contribution in [0.15, 0.2) is 30.5 Å². The molecule has 10 radical (unpaired) electrons. The van der Waals surface area contributed by atoms with Gasteiger partial charge in [0.15, 0.2) is 0 Å². The van der Waals surface area contributed by atoms with Crippen molar-refractivity contribution in [2.45, 2.75) is 38.7 Å². The van der Waals surface area contributed by atoms with Gasteiger partial charge in [-0.1, -0.05) is 18.5 Å². The molecule has 0 aliphatic heterocycles. The maximum absolute atomic E-state index is 12.1. The standard InChI is InChI=1S/C22H24ClN2O2.C5H5.Fe/c1-2-18(27-22(26)9-5-8-16-6-3-4-7-16)15-25-20-12-13-24-21-14-17(23)10-11-19(20)21;1-2-4-5-3-1;/h3-4,6-7,10-14,18H,2,5,8-9,15H2,1H3,(H,24,25);1-5H;/q;;+2. The number of nitrogens with zero attached hydrogens (tertiary/aromatic N) is 1. The number of esters is 1. The third-order valence-corrected chi connectivity index (χ3v) is 5.35. The molecule has 1 unspecified atom stereocenters. The average molecular weight is 505 g/mol. The summed E-state index contributed by atoms with van der Waals surface area (Å²) < 4.78 is 5.63. The van der Waals surface area contributed by atoms with Crippen LogP contribution in [-0.4, -0.2) is 23.6 Å². The van der Waals surface area contributed by atoms with Crippen LogP contribution in [0, 0.1) is 63.7 Å². The first-order valence-electron chi connectivity index (χ1n) is 11.0. The predicted molar refractivity (Wildman–Crippen MR) is 131 cm³/mol. The molecule has 2 aliphatic rings. The Morgan fingerprint density at radius 2 is 1.76 bits per heavy atom. The van der Waals surface area contributed by atoms with Gasteiger partial charge in [-0.05, 0) is 107 Å². The van der Waals surface area contributed by atoms with E-state index < -0.39 is 0 Å². The number of pyridine rings is 1. The predicted octanol–water partition coefficient (Wildman–Crippen LogP) is 6.22. The first-order valence-corrected chi connectivity index (χ1v) is 11.4. The minimum Gasteiger partial charge on any atom is -0.460 e. The summed E-state index contributed by atoms with van der Waals surface area (Å²) in [7, 11) is 0. The van der Waals surface area contributed by atoms with Crippen LogP contribution in [0.3, 0.4) is 0 Å². The monoisotopic (exact) mass is 504 g/mol. The van der Waals surface area contributed by atoms with Crippen molar-refractivity contribution in [1.82, 2.24) is 4.98 Å². The molecule has 4 rings (SSSR count). The largest absolute Gasteiger partial charge is 2.00 e. The second kappa shape index (κ2) is 15.6. The molecule has 2 fully saturated rings. The molecule has 6 heteroatoms. The van der Waals surface area contributed by atoms with E-state index in [2.05, 4.69) is 23.1 Å². The molecule has 1 heterocycles. The Labute approximate surface area is 215 Å². The van der Waals surface area contributed by atoms with E-state index in [0.717, 1.165) is 35.9 Å². The average Bonchev–Trinajstić information content (AvgIpc) is 3.53. The van der Waals surface area contributed by atoms with Crippen LogP contribution in [0.5, 0.6) is 0 Å². The Balaban J connectivity index is 0.000000568. The first kappa shape index (κ1) is 28.0. The van der Waals surface area contributed by atoms with E-state index in [1.165, 1.54) is 5.92 Å². The molecule has 1 N–H and O–H groups in total. The molecule has 1 aromatic heterocycles. The van der Waals surface area contributed by atoms with E-state index in [1.54, 1.807) is 6.20 Å². The van der Waals surface area contributed by atoms with Gasteiger partial charge in [0.05, 0.1) is 12.1 Å². The minimum absolute atomic E-state index is 0. The molecule has 1 aromatic carbocycles. The van der Waals surface area contributed by atoms with Crippen molar-refractivity contribution in [2.75, 3.05) is 11.9 Å². The molecule has 2 aromatic rings. The molecule has 2 aliphatic carbocycles. The Kier molecular flexibility index (Phi) is 13.2. The van der Waals surface area contributed by atoms with Gasteiger partial charge < -0.3 is 10.1 Å². The van der Waals surface area contributed by atoms with Gasteiger partial charge in [0, 0.05) is 28.7 Å². The maximum Gasteiger partial charge on any atom is 2.00 e. The van der Waals surface area contributed by atoms with Crippen LogP contribution in [0.25, 0.3) is 10.9 Å². The van der Waals surface area contributed by atoms with Gasteiger partial charge in [0.2, 0.25) is 0 Å². The fourth-order valence-electron chi connectivity index (χ4n) is 3.35. The molecular formula is C27H29ClFeN2O2+2. The van der Waals surface area contributed by atoms with Crippen molar-refractivity contribution in [3.05, 3.63) is 99.2 Å². The molecule has 2 saturated carbocycles. The first-order chi connectivity index (χ1) is 15.7. The third kappa shape index (κ3) is 9.84. The summed E-state index contributed by atoms with van der Waals surface area (Å²) >= 11 is 6.03. The summed E-state index contributed by atoms with van der Waals surface area (Å²) in [5.41, 5.74) is 1.80. The van der Waals surface area contributed by atoms with E-state index in [-0.39, 0.29) is 29.1 Å². The number of rotatable bonds is 9. The van der Waals surface area contributed by atoms with Crippen LogP contribution in [0.2, 0.25) is 5.02 Å². The van der Waals surface area contributed by atoms with Crippen molar-refractivity contribution < 1.29 is 26.6 Å². The molecule has 0 saturated heterocycles. The summed E-state index contributed by atoms with van der Waals surface area (Å²) in [6, 6.07) is 7.56.